The number of thiophene rings is 1. The van der Waals surface area contributed by atoms with Crippen molar-refractivity contribution in [3.05, 3.63) is 88.8 Å². The fourth-order valence-electron chi connectivity index (χ4n) is 4.62. The van der Waals surface area contributed by atoms with Crippen LogP contribution >= 0.6 is 11.3 Å². The van der Waals surface area contributed by atoms with Crippen molar-refractivity contribution < 1.29 is 30.0 Å². The summed E-state index contributed by atoms with van der Waals surface area (Å²) < 4.78 is 1.28. The number of aliphatic hydroxyl groups excluding tert-OH is 1. The van der Waals surface area contributed by atoms with E-state index in [1.165, 1.54) is 57.1 Å². The molecule has 2 aromatic heterocycles. The van der Waals surface area contributed by atoms with Gasteiger partial charge in [-0.1, -0.05) is 79.7 Å². The minimum atomic E-state index is -0.125. The monoisotopic (exact) mass is 733 g/mol. The molecule has 5 heteroatoms. The molecule has 4 aromatic rings. The largest absolute Gasteiger partial charge is 0.512 e. The van der Waals surface area contributed by atoms with Crippen LogP contribution in [0.5, 0.6) is 0 Å². The third-order valence-corrected chi connectivity index (χ3v) is 7.69. The summed E-state index contributed by atoms with van der Waals surface area (Å²) in [4.78, 5) is 16.2. The molecule has 2 heterocycles. The van der Waals surface area contributed by atoms with Crippen molar-refractivity contribution >= 4 is 27.2 Å². The van der Waals surface area contributed by atoms with Gasteiger partial charge >= 0.3 is 0 Å². The summed E-state index contributed by atoms with van der Waals surface area (Å²) in [6.45, 7) is 20.9. The topological polar surface area (TPSA) is 50.2 Å². The molecule has 1 radical (unpaired) electrons. The summed E-state index contributed by atoms with van der Waals surface area (Å²) in [5.74, 6) is 0.910. The average Bonchev–Trinajstić information content (AvgIpc) is 3.25. The molecule has 3 nitrogen and oxygen atoms in total. The fourth-order valence-corrected chi connectivity index (χ4v) is 5.78. The Balaban J connectivity index is 0.000000623. The number of hydrogen-bond donors (Lipinski definition) is 1. The Morgan fingerprint density at radius 1 is 1.00 bits per heavy atom. The Labute approximate surface area is 258 Å². The van der Waals surface area contributed by atoms with E-state index in [-0.39, 0.29) is 37.1 Å². The van der Waals surface area contributed by atoms with Gasteiger partial charge < -0.3 is 10.1 Å². The van der Waals surface area contributed by atoms with E-state index in [0.717, 1.165) is 16.8 Å². The van der Waals surface area contributed by atoms with Crippen LogP contribution in [0.4, 0.5) is 0 Å². The van der Waals surface area contributed by atoms with Crippen molar-refractivity contribution in [2.45, 2.75) is 86.5 Å². The Morgan fingerprint density at radius 2 is 1.60 bits per heavy atom. The molecule has 0 bridgehead atoms. The van der Waals surface area contributed by atoms with E-state index in [1.54, 1.807) is 0 Å². The number of aromatic nitrogens is 1. The fraction of sp³-hybridized carbons (Fsp3) is 0.371. The van der Waals surface area contributed by atoms with Crippen LogP contribution in [0.2, 0.25) is 0 Å². The standard InChI is InChI=1S/C30H34NS.C5H8O2.Ir/c1-18(2)24-10-9-11-25(19(3)4)29(24)28-15-22-17-31-26(16-27(22)32-28)21-12-20(5)13-23(14-21)30(6,7)8;1-4(6)3-5(2)7;/h9-11,13-19H,1-8H3;3,6H,1-2H3;/q-1;;/b;4-3-;. The number of carbonyl (C=O) groups excluding carboxylic acids is 1. The summed E-state index contributed by atoms with van der Waals surface area (Å²) in [6.07, 6.45) is 3.20. The Morgan fingerprint density at radius 3 is 2.08 bits per heavy atom. The van der Waals surface area contributed by atoms with Gasteiger partial charge in [-0.2, -0.15) is 0 Å². The van der Waals surface area contributed by atoms with Crippen LogP contribution in [0.25, 0.3) is 31.8 Å². The number of fused-ring (bicyclic) bond motifs is 1. The van der Waals surface area contributed by atoms with Crippen LogP contribution in [0.3, 0.4) is 0 Å². The van der Waals surface area contributed by atoms with Crippen molar-refractivity contribution in [1.82, 2.24) is 4.98 Å². The number of nitrogens with zero attached hydrogens (tertiary/aromatic N) is 1. The quantitative estimate of drug-likeness (QED) is 0.126. The smallest absolute Gasteiger partial charge is 0.155 e. The summed E-state index contributed by atoms with van der Waals surface area (Å²) in [6, 6.07) is 19.4. The van der Waals surface area contributed by atoms with E-state index in [4.69, 9.17) is 10.1 Å². The van der Waals surface area contributed by atoms with Gasteiger partial charge in [-0.15, -0.1) is 46.2 Å². The van der Waals surface area contributed by atoms with Gasteiger partial charge in [0, 0.05) is 47.3 Å². The maximum Gasteiger partial charge on any atom is 0.155 e. The minimum Gasteiger partial charge on any atom is -0.512 e. The SMILES string of the molecule is CC(=O)/C=C(/C)O.Cc1[c-]c(-c2cc3sc(-c4c(C(C)C)cccc4C(C)C)cc3cn2)cc(C(C)(C)C)c1.[Ir]. The van der Waals surface area contributed by atoms with Gasteiger partial charge in [-0.25, -0.2) is 0 Å². The van der Waals surface area contributed by atoms with Gasteiger partial charge in [0.05, 0.1) is 5.76 Å². The van der Waals surface area contributed by atoms with Crippen LogP contribution in [-0.2, 0) is 30.3 Å². The normalized spacial score (nSPS) is 11.8. The van der Waals surface area contributed by atoms with Crippen LogP contribution in [0.15, 0.2) is 60.5 Å². The second-order valence-corrected chi connectivity index (χ2v) is 13.0. The number of hydrogen-bond acceptors (Lipinski definition) is 4. The zero-order valence-electron chi connectivity index (χ0n) is 25.4. The number of rotatable bonds is 5. The van der Waals surface area contributed by atoms with Gasteiger partial charge in [0.1, 0.15) is 0 Å². The molecule has 0 atom stereocenters. The number of aryl methyl sites for hydroxylation is 1. The maximum atomic E-state index is 10.0. The van der Waals surface area contributed by atoms with E-state index in [2.05, 4.69) is 104 Å². The first kappa shape index (κ1) is 33.6. The first-order chi connectivity index (χ1) is 18.2. The van der Waals surface area contributed by atoms with E-state index < -0.39 is 0 Å². The van der Waals surface area contributed by atoms with Gasteiger partial charge in [-0.05, 0) is 59.5 Å². The zero-order chi connectivity index (χ0) is 29.1. The molecule has 1 N–H and O–H groups in total. The predicted octanol–water partition coefficient (Wildman–Crippen LogP) is 10.3. The average molecular weight is 733 g/mol. The first-order valence-electron chi connectivity index (χ1n) is 13.6. The van der Waals surface area contributed by atoms with E-state index in [9.17, 15) is 4.79 Å². The first-order valence-corrected chi connectivity index (χ1v) is 14.4. The Kier molecular flexibility index (Phi) is 11.6. The van der Waals surface area contributed by atoms with Gasteiger partial charge in [-0.3, -0.25) is 4.79 Å². The van der Waals surface area contributed by atoms with Crippen LogP contribution < -0.4 is 0 Å². The number of allylic oxidation sites excluding steroid dienone is 2. The molecule has 215 valence electrons. The minimum absolute atomic E-state index is 0. The van der Waals surface area contributed by atoms with Crippen molar-refractivity contribution in [3.63, 3.8) is 0 Å². The summed E-state index contributed by atoms with van der Waals surface area (Å²) >= 11 is 1.88. The molecule has 0 aliphatic carbocycles. The van der Waals surface area contributed by atoms with E-state index in [0.29, 0.717) is 11.8 Å². The third kappa shape index (κ3) is 8.46. The van der Waals surface area contributed by atoms with E-state index in [1.807, 2.05) is 17.5 Å². The number of aliphatic hydroxyl groups is 1. The van der Waals surface area contributed by atoms with Crippen LogP contribution in [0, 0.1) is 13.0 Å². The van der Waals surface area contributed by atoms with Crippen LogP contribution in [-0.4, -0.2) is 15.9 Å². The number of ketones is 1. The molecule has 0 spiro atoms. The van der Waals surface area contributed by atoms with Crippen molar-refractivity contribution in [3.8, 4) is 21.7 Å². The molecule has 4 rings (SSSR count). The second-order valence-electron chi connectivity index (χ2n) is 12.0. The molecule has 0 aliphatic heterocycles. The summed E-state index contributed by atoms with van der Waals surface area (Å²) in [5.41, 5.74) is 8.94. The molecule has 0 fully saturated rings. The molecule has 0 amide bonds. The molecule has 40 heavy (non-hydrogen) atoms. The number of benzene rings is 2. The van der Waals surface area contributed by atoms with Crippen molar-refractivity contribution in [1.29, 1.82) is 0 Å². The van der Waals surface area contributed by atoms with Gasteiger partial charge in [0.15, 0.2) is 5.78 Å². The van der Waals surface area contributed by atoms with Crippen LogP contribution in [0.1, 0.15) is 96.4 Å². The molecule has 0 saturated heterocycles. The summed E-state index contributed by atoms with van der Waals surface area (Å²) in [5, 5.41) is 9.58. The summed E-state index contributed by atoms with van der Waals surface area (Å²) in [7, 11) is 0. The molecular formula is C35H42IrNO2S-. The molecule has 2 aromatic carbocycles. The second kappa shape index (κ2) is 13.9. The molecule has 0 aliphatic rings. The molecule has 0 saturated carbocycles. The Hall–Kier alpha value is -2.59. The zero-order valence-corrected chi connectivity index (χ0v) is 28.6. The number of carbonyl (C=O) groups is 1. The molecule has 0 unspecified atom stereocenters. The Bertz CT molecular complexity index is 1480. The van der Waals surface area contributed by atoms with Gasteiger partial charge in [0.25, 0.3) is 0 Å². The number of pyridine rings is 1. The van der Waals surface area contributed by atoms with Crippen molar-refractivity contribution in [2.75, 3.05) is 0 Å². The van der Waals surface area contributed by atoms with Crippen molar-refractivity contribution in [2.24, 2.45) is 0 Å². The van der Waals surface area contributed by atoms with E-state index >= 15 is 0 Å². The third-order valence-electron chi connectivity index (χ3n) is 6.58. The molecular weight excluding hydrogens is 691 g/mol. The van der Waals surface area contributed by atoms with Gasteiger partial charge in [0.2, 0.25) is 0 Å². The maximum absolute atomic E-state index is 10.0. The predicted molar refractivity (Wildman–Crippen MR) is 168 cm³/mol.